The van der Waals surface area contributed by atoms with E-state index in [2.05, 4.69) is 10.3 Å². The third kappa shape index (κ3) is 2.53. The molecule has 0 aliphatic heterocycles. The Morgan fingerprint density at radius 2 is 1.95 bits per heavy atom. The highest BCUT2D eigenvalue weighted by atomic mass is 19.1. The number of fused-ring (bicyclic) bond motifs is 1. The number of pyridine rings is 1. The van der Waals surface area contributed by atoms with E-state index >= 15 is 0 Å². The van der Waals surface area contributed by atoms with E-state index in [9.17, 15) is 9.18 Å². The van der Waals surface area contributed by atoms with Crippen molar-refractivity contribution in [1.29, 1.82) is 0 Å². The number of hydrogen-bond donors (Lipinski definition) is 2. The fraction of sp³-hybridized carbons (Fsp3) is 0. The Morgan fingerprint density at radius 1 is 1.14 bits per heavy atom. The van der Waals surface area contributed by atoms with E-state index in [0.29, 0.717) is 11.2 Å². The molecule has 3 rings (SSSR count). The largest absolute Gasteiger partial charge is 0.398 e. The zero-order valence-electron chi connectivity index (χ0n) is 11.0. The van der Waals surface area contributed by atoms with Crippen molar-refractivity contribution >= 4 is 28.2 Å². The van der Waals surface area contributed by atoms with Gasteiger partial charge in [0.25, 0.3) is 5.91 Å². The van der Waals surface area contributed by atoms with Gasteiger partial charge in [-0.25, -0.2) is 4.39 Å². The highest BCUT2D eigenvalue weighted by Crippen LogP contribution is 2.22. The summed E-state index contributed by atoms with van der Waals surface area (Å²) < 4.78 is 13.3. The first-order chi connectivity index (χ1) is 10.1. The minimum Gasteiger partial charge on any atom is -0.398 e. The summed E-state index contributed by atoms with van der Waals surface area (Å²) in [7, 11) is 0. The number of nitrogens with one attached hydrogen (secondary N) is 1. The lowest BCUT2D eigenvalue weighted by atomic mass is 10.1. The molecule has 0 radical (unpaired) electrons. The third-order valence-electron chi connectivity index (χ3n) is 3.14. The second kappa shape index (κ2) is 5.20. The first kappa shape index (κ1) is 13.1. The average molecular weight is 281 g/mol. The van der Waals surface area contributed by atoms with E-state index in [4.69, 9.17) is 5.73 Å². The van der Waals surface area contributed by atoms with E-state index in [1.165, 1.54) is 12.1 Å². The molecule has 0 bridgehead atoms. The molecule has 0 atom stereocenters. The maximum absolute atomic E-state index is 13.3. The Balaban J connectivity index is 1.99. The number of aromatic nitrogens is 1. The van der Waals surface area contributed by atoms with E-state index in [-0.39, 0.29) is 11.3 Å². The molecule has 21 heavy (non-hydrogen) atoms. The number of benzene rings is 2. The van der Waals surface area contributed by atoms with E-state index in [1.54, 1.807) is 12.3 Å². The van der Waals surface area contributed by atoms with Crippen molar-refractivity contribution in [2.24, 2.45) is 0 Å². The van der Waals surface area contributed by atoms with Crippen molar-refractivity contribution in [3.8, 4) is 0 Å². The molecule has 0 saturated heterocycles. The van der Waals surface area contributed by atoms with Crippen LogP contribution < -0.4 is 11.1 Å². The summed E-state index contributed by atoms with van der Waals surface area (Å²) >= 11 is 0. The highest BCUT2D eigenvalue weighted by Gasteiger charge is 2.12. The van der Waals surface area contributed by atoms with Crippen molar-refractivity contribution in [3.05, 3.63) is 66.1 Å². The molecule has 0 aliphatic rings. The number of carbonyl (C=O) groups excluding carboxylic acids is 1. The molecule has 1 aromatic heterocycles. The lowest BCUT2D eigenvalue weighted by molar-refractivity contribution is 0.102. The summed E-state index contributed by atoms with van der Waals surface area (Å²) in [6.07, 6.45) is 1.65. The molecule has 104 valence electrons. The van der Waals surface area contributed by atoms with Crippen LogP contribution in [-0.4, -0.2) is 10.9 Å². The van der Waals surface area contributed by atoms with Gasteiger partial charge >= 0.3 is 0 Å². The molecule has 5 heteroatoms. The number of para-hydroxylation sites is 1. The maximum atomic E-state index is 13.3. The fourth-order valence-corrected chi connectivity index (χ4v) is 2.12. The molecular weight excluding hydrogens is 269 g/mol. The normalized spacial score (nSPS) is 10.5. The van der Waals surface area contributed by atoms with E-state index < -0.39 is 11.7 Å². The lowest BCUT2D eigenvalue weighted by Gasteiger charge is -2.09. The van der Waals surface area contributed by atoms with Crippen molar-refractivity contribution in [2.75, 3.05) is 11.1 Å². The second-order valence-electron chi connectivity index (χ2n) is 4.57. The second-order valence-corrected chi connectivity index (χ2v) is 4.57. The van der Waals surface area contributed by atoms with Crippen LogP contribution in [0.1, 0.15) is 10.4 Å². The first-order valence-corrected chi connectivity index (χ1v) is 6.35. The van der Waals surface area contributed by atoms with Crippen molar-refractivity contribution in [3.63, 3.8) is 0 Å². The number of rotatable bonds is 2. The molecular formula is C16H12FN3O. The third-order valence-corrected chi connectivity index (χ3v) is 3.14. The SMILES string of the molecule is Nc1ccc(F)cc1C(=O)Nc1cccc2cccnc12. The Hall–Kier alpha value is -2.95. The van der Waals surface area contributed by atoms with Gasteiger partial charge < -0.3 is 11.1 Å². The van der Waals surface area contributed by atoms with Gasteiger partial charge in [0.05, 0.1) is 16.8 Å². The predicted octanol–water partition coefficient (Wildman–Crippen LogP) is 3.21. The Kier molecular flexibility index (Phi) is 3.23. The highest BCUT2D eigenvalue weighted by molar-refractivity contribution is 6.10. The zero-order chi connectivity index (χ0) is 14.8. The van der Waals surface area contributed by atoms with Crippen LogP contribution in [0.25, 0.3) is 10.9 Å². The van der Waals surface area contributed by atoms with Gasteiger partial charge in [-0.1, -0.05) is 18.2 Å². The summed E-state index contributed by atoms with van der Waals surface area (Å²) in [5, 5.41) is 3.63. The van der Waals surface area contributed by atoms with E-state index in [0.717, 1.165) is 11.5 Å². The number of halogens is 1. The number of nitrogen functional groups attached to an aromatic ring is 1. The smallest absolute Gasteiger partial charge is 0.257 e. The van der Waals surface area contributed by atoms with Gasteiger partial charge in [-0.3, -0.25) is 9.78 Å². The molecule has 0 unspecified atom stereocenters. The summed E-state index contributed by atoms with van der Waals surface area (Å²) in [5.41, 5.74) is 7.26. The monoisotopic (exact) mass is 281 g/mol. The number of nitrogens with two attached hydrogens (primary N) is 1. The minimum absolute atomic E-state index is 0.0999. The van der Waals surface area contributed by atoms with Crippen LogP contribution in [0.5, 0.6) is 0 Å². The minimum atomic E-state index is -0.509. The summed E-state index contributed by atoms with van der Waals surface area (Å²) in [4.78, 5) is 16.5. The molecule has 3 aromatic rings. The van der Waals surface area contributed by atoms with Crippen LogP contribution in [0.15, 0.2) is 54.7 Å². The number of hydrogen-bond acceptors (Lipinski definition) is 3. The van der Waals surface area contributed by atoms with Gasteiger partial charge in [0, 0.05) is 17.3 Å². The number of nitrogens with zero attached hydrogens (tertiary/aromatic N) is 1. The van der Waals surface area contributed by atoms with Gasteiger partial charge in [0.1, 0.15) is 5.82 Å². The molecule has 2 aromatic carbocycles. The summed E-state index contributed by atoms with van der Waals surface area (Å²) in [5.74, 6) is -0.976. The molecule has 1 heterocycles. The summed E-state index contributed by atoms with van der Waals surface area (Å²) in [6.45, 7) is 0. The Morgan fingerprint density at radius 3 is 2.81 bits per heavy atom. The van der Waals surface area contributed by atoms with Crippen molar-refractivity contribution in [2.45, 2.75) is 0 Å². The van der Waals surface area contributed by atoms with Crippen LogP contribution in [0.2, 0.25) is 0 Å². The van der Waals surface area contributed by atoms with Gasteiger partial charge in [-0.15, -0.1) is 0 Å². The Bertz CT molecular complexity index is 827. The standard InChI is InChI=1S/C16H12FN3O/c17-11-6-7-13(18)12(9-11)16(21)20-14-5-1-3-10-4-2-8-19-15(10)14/h1-9H,18H2,(H,20,21). The summed E-state index contributed by atoms with van der Waals surface area (Å²) in [6, 6.07) is 12.9. The van der Waals surface area contributed by atoms with Gasteiger partial charge in [-0.2, -0.15) is 0 Å². The molecule has 4 nitrogen and oxygen atoms in total. The molecule has 1 amide bonds. The van der Waals surface area contributed by atoms with Crippen molar-refractivity contribution < 1.29 is 9.18 Å². The van der Waals surface area contributed by atoms with E-state index in [1.807, 2.05) is 24.3 Å². The van der Waals surface area contributed by atoms with Crippen LogP contribution in [0, 0.1) is 5.82 Å². The Labute approximate surface area is 120 Å². The van der Waals surface area contributed by atoms with Crippen LogP contribution in [-0.2, 0) is 0 Å². The zero-order valence-corrected chi connectivity index (χ0v) is 11.0. The molecule has 0 spiro atoms. The number of anilines is 2. The van der Waals surface area contributed by atoms with Crippen LogP contribution >= 0.6 is 0 Å². The topological polar surface area (TPSA) is 68.0 Å². The number of amides is 1. The van der Waals surface area contributed by atoms with Crippen molar-refractivity contribution in [1.82, 2.24) is 4.98 Å². The van der Waals surface area contributed by atoms with Gasteiger partial charge in [0.2, 0.25) is 0 Å². The predicted molar refractivity (Wildman–Crippen MR) is 80.5 cm³/mol. The van der Waals surface area contributed by atoms with Crippen LogP contribution in [0.4, 0.5) is 15.8 Å². The van der Waals surface area contributed by atoms with Gasteiger partial charge in [-0.05, 0) is 30.3 Å². The number of carbonyl (C=O) groups is 1. The average Bonchev–Trinajstić information content (AvgIpc) is 2.50. The first-order valence-electron chi connectivity index (χ1n) is 6.35. The lowest BCUT2D eigenvalue weighted by Crippen LogP contribution is -2.14. The maximum Gasteiger partial charge on any atom is 0.257 e. The quantitative estimate of drug-likeness (QED) is 0.709. The fourth-order valence-electron chi connectivity index (χ4n) is 2.12. The molecule has 0 saturated carbocycles. The molecule has 0 fully saturated rings. The molecule has 3 N–H and O–H groups in total. The molecule has 0 aliphatic carbocycles. The van der Waals surface area contributed by atoms with Gasteiger partial charge in [0.15, 0.2) is 0 Å². The van der Waals surface area contributed by atoms with Crippen LogP contribution in [0.3, 0.4) is 0 Å².